The molecule has 3 heterocycles. The van der Waals surface area contributed by atoms with Gasteiger partial charge in [-0.3, -0.25) is 4.90 Å². The molecule has 1 aromatic heterocycles. The lowest BCUT2D eigenvalue weighted by Crippen LogP contribution is -2.46. The predicted molar refractivity (Wildman–Crippen MR) is 66.0 cm³/mol. The van der Waals surface area contributed by atoms with Crippen molar-refractivity contribution in [2.45, 2.75) is 13.0 Å². The molecule has 0 saturated heterocycles. The Labute approximate surface area is 108 Å². The van der Waals surface area contributed by atoms with E-state index in [0.717, 1.165) is 4.88 Å². The summed E-state index contributed by atoms with van der Waals surface area (Å²) >= 11 is 1.52. The molecule has 0 radical (unpaired) electrons. The Morgan fingerprint density at radius 3 is 3.06 bits per heavy atom. The molecule has 94 valence electrons. The van der Waals surface area contributed by atoms with Gasteiger partial charge < -0.3 is 10.1 Å². The molecule has 2 aliphatic heterocycles. The highest BCUT2D eigenvalue weighted by molar-refractivity contribution is 7.10. The van der Waals surface area contributed by atoms with E-state index in [2.05, 4.69) is 5.32 Å². The van der Waals surface area contributed by atoms with Crippen LogP contribution in [0.4, 0.5) is 4.79 Å². The molecule has 3 rings (SSSR count). The Kier molecular flexibility index (Phi) is 2.59. The first-order chi connectivity index (χ1) is 8.72. The molecule has 0 fully saturated rings. The second kappa shape index (κ2) is 4.13. The van der Waals surface area contributed by atoms with E-state index in [1.165, 1.54) is 11.3 Å². The summed E-state index contributed by atoms with van der Waals surface area (Å²) in [5.41, 5.74) is 1.27. The molecule has 0 spiro atoms. The third-order valence-corrected chi connectivity index (χ3v) is 4.08. The van der Waals surface area contributed by atoms with Crippen molar-refractivity contribution in [3.8, 4) is 0 Å². The molecule has 1 atom stereocenters. The number of nitrogens with zero attached hydrogens (tertiary/aromatic N) is 1. The zero-order valence-corrected chi connectivity index (χ0v) is 10.6. The SMILES string of the molecule is CCN1C(=O)NC(c2cccs2)C2=C1COC2=O. The van der Waals surface area contributed by atoms with E-state index in [0.29, 0.717) is 17.8 Å². The molecule has 0 saturated carbocycles. The van der Waals surface area contributed by atoms with Gasteiger partial charge in [0.15, 0.2) is 0 Å². The van der Waals surface area contributed by atoms with Crippen molar-refractivity contribution in [3.63, 3.8) is 0 Å². The normalized spacial score (nSPS) is 22.9. The molecule has 0 aromatic carbocycles. The monoisotopic (exact) mass is 264 g/mol. The van der Waals surface area contributed by atoms with Crippen molar-refractivity contribution in [2.24, 2.45) is 0 Å². The van der Waals surface area contributed by atoms with Crippen molar-refractivity contribution < 1.29 is 14.3 Å². The number of urea groups is 1. The molecule has 2 aliphatic rings. The van der Waals surface area contributed by atoms with Gasteiger partial charge in [-0.25, -0.2) is 9.59 Å². The van der Waals surface area contributed by atoms with Crippen LogP contribution in [0, 0.1) is 0 Å². The smallest absolute Gasteiger partial charge is 0.338 e. The summed E-state index contributed by atoms with van der Waals surface area (Å²) in [5, 5.41) is 4.79. The summed E-state index contributed by atoms with van der Waals surface area (Å²) < 4.78 is 5.07. The predicted octanol–water partition coefficient (Wildman–Crippen LogP) is 1.65. The van der Waals surface area contributed by atoms with Crippen molar-refractivity contribution in [2.75, 3.05) is 13.2 Å². The highest BCUT2D eigenvalue weighted by Crippen LogP contribution is 2.36. The van der Waals surface area contributed by atoms with Crippen LogP contribution in [-0.4, -0.2) is 30.1 Å². The van der Waals surface area contributed by atoms with Gasteiger partial charge in [-0.05, 0) is 18.4 Å². The van der Waals surface area contributed by atoms with Crippen LogP contribution >= 0.6 is 11.3 Å². The zero-order valence-electron chi connectivity index (χ0n) is 9.80. The Bertz CT molecular complexity index is 536. The van der Waals surface area contributed by atoms with Crippen LogP contribution in [0.3, 0.4) is 0 Å². The number of esters is 1. The second-order valence-electron chi connectivity index (χ2n) is 4.08. The number of likely N-dealkylation sites (N-methyl/N-ethyl adjacent to an activating group) is 1. The maximum atomic E-state index is 12.0. The number of carbonyl (C=O) groups excluding carboxylic acids is 2. The van der Waals surface area contributed by atoms with Gasteiger partial charge in [0.05, 0.1) is 17.3 Å². The highest BCUT2D eigenvalue weighted by atomic mass is 32.1. The molecule has 0 bridgehead atoms. The average Bonchev–Trinajstić information content (AvgIpc) is 2.99. The number of cyclic esters (lactones) is 1. The maximum absolute atomic E-state index is 12.0. The first kappa shape index (κ1) is 11.3. The van der Waals surface area contributed by atoms with Gasteiger partial charge in [-0.2, -0.15) is 0 Å². The number of carbonyl (C=O) groups is 2. The van der Waals surface area contributed by atoms with E-state index in [1.54, 1.807) is 4.90 Å². The summed E-state index contributed by atoms with van der Waals surface area (Å²) in [4.78, 5) is 26.3. The summed E-state index contributed by atoms with van der Waals surface area (Å²) in [6.45, 7) is 2.59. The van der Waals surface area contributed by atoms with E-state index in [4.69, 9.17) is 4.74 Å². The Morgan fingerprint density at radius 2 is 2.39 bits per heavy atom. The highest BCUT2D eigenvalue weighted by Gasteiger charge is 2.41. The third kappa shape index (κ3) is 1.53. The standard InChI is InChI=1S/C12H12N2O3S/c1-2-14-7-6-17-11(15)9(7)10(13-12(14)16)8-4-3-5-18-8/h3-5,10H,2,6H2,1H3,(H,13,16). The number of thiophene rings is 1. The van der Waals surface area contributed by atoms with E-state index in [9.17, 15) is 9.59 Å². The number of nitrogens with one attached hydrogen (secondary N) is 1. The zero-order chi connectivity index (χ0) is 12.7. The van der Waals surface area contributed by atoms with Crippen molar-refractivity contribution in [3.05, 3.63) is 33.7 Å². The maximum Gasteiger partial charge on any atom is 0.338 e. The Morgan fingerprint density at radius 1 is 1.56 bits per heavy atom. The summed E-state index contributed by atoms with van der Waals surface area (Å²) in [5.74, 6) is -0.332. The fourth-order valence-corrected chi connectivity index (χ4v) is 3.10. The third-order valence-electron chi connectivity index (χ3n) is 3.14. The number of rotatable bonds is 2. The number of amides is 2. The number of ether oxygens (including phenoxy) is 1. The van der Waals surface area contributed by atoms with E-state index in [1.807, 2.05) is 24.4 Å². The number of hydrogen-bond donors (Lipinski definition) is 1. The van der Waals surface area contributed by atoms with Crippen molar-refractivity contribution >= 4 is 23.3 Å². The molecule has 2 amide bonds. The fourth-order valence-electron chi connectivity index (χ4n) is 2.31. The Hall–Kier alpha value is -1.82. The minimum atomic E-state index is -0.370. The van der Waals surface area contributed by atoms with E-state index < -0.39 is 0 Å². The van der Waals surface area contributed by atoms with Crippen LogP contribution in [0.5, 0.6) is 0 Å². The molecule has 5 nitrogen and oxygen atoms in total. The first-order valence-electron chi connectivity index (χ1n) is 5.74. The van der Waals surface area contributed by atoms with E-state index >= 15 is 0 Å². The van der Waals surface area contributed by atoms with Crippen molar-refractivity contribution in [1.82, 2.24) is 10.2 Å². The van der Waals surface area contributed by atoms with Gasteiger partial charge in [-0.1, -0.05) is 6.07 Å². The van der Waals surface area contributed by atoms with Gasteiger partial charge >= 0.3 is 12.0 Å². The molecular weight excluding hydrogens is 252 g/mol. The summed E-state index contributed by atoms with van der Waals surface area (Å²) in [6, 6.07) is 3.27. The largest absolute Gasteiger partial charge is 0.456 e. The van der Waals surface area contributed by atoms with Gasteiger partial charge in [0.2, 0.25) is 0 Å². The molecule has 18 heavy (non-hydrogen) atoms. The fraction of sp³-hybridized carbons (Fsp3) is 0.333. The lowest BCUT2D eigenvalue weighted by Gasteiger charge is -2.31. The molecule has 1 aromatic rings. The van der Waals surface area contributed by atoms with Crippen molar-refractivity contribution in [1.29, 1.82) is 0 Å². The van der Waals surface area contributed by atoms with Crippen LogP contribution in [0.1, 0.15) is 17.8 Å². The minimum absolute atomic E-state index is 0.173. The van der Waals surface area contributed by atoms with Crippen LogP contribution < -0.4 is 5.32 Å². The molecular formula is C12H12N2O3S. The van der Waals surface area contributed by atoms with Gasteiger partial charge in [0.1, 0.15) is 6.61 Å². The van der Waals surface area contributed by atoms with E-state index in [-0.39, 0.29) is 24.6 Å². The molecule has 1 unspecified atom stereocenters. The molecule has 6 heteroatoms. The van der Waals surface area contributed by atoms with Crippen LogP contribution in [-0.2, 0) is 9.53 Å². The Balaban J connectivity index is 2.09. The topological polar surface area (TPSA) is 58.6 Å². The van der Waals surface area contributed by atoms with Crippen LogP contribution in [0.25, 0.3) is 0 Å². The van der Waals surface area contributed by atoms with Gasteiger partial charge in [0.25, 0.3) is 0 Å². The lowest BCUT2D eigenvalue weighted by molar-refractivity contribution is -0.136. The van der Waals surface area contributed by atoms with Crippen LogP contribution in [0.15, 0.2) is 28.8 Å². The molecule has 0 aliphatic carbocycles. The lowest BCUT2D eigenvalue weighted by atomic mass is 10.0. The molecule has 1 N–H and O–H groups in total. The van der Waals surface area contributed by atoms with Gasteiger partial charge in [-0.15, -0.1) is 11.3 Å². The van der Waals surface area contributed by atoms with Crippen LogP contribution in [0.2, 0.25) is 0 Å². The van der Waals surface area contributed by atoms with Gasteiger partial charge in [0, 0.05) is 11.4 Å². The average molecular weight is 264 g/mol. The summed E-state index contributed by atoms with van der Waals surface area (Å²) in [7, 11) is 0. The second-order valence-corrected chi connectivity index (χ2v) is 5.06. The minimum Gasteiger partial charge on any atom is -0.456 e. The summed E-state index contributed by atoms with van der Waals surface area (Å²) in [6.07, 6.45) is 0. The number of hydrogen-bond acceptors (Lipinski definition) is 4. The quantitative estimate of drug-likeness (QED) is 0.826. The first-order valence-corrected chi connectivity index (χ1v) is 6.62.